The summed E-state index contributed by atoms with van der Waals surface area (Å²) in [4.78, 5) is 39.6. The highest BCUT2D eigenvalue weighted by Gasteiger charge is 2.54. The van der Waals surface area contributed by atoms with Crippen molar-refractivity contribution in [3.63, 3.8) is 0 Å². The maximum Gasteiger partial charge on any atom is 0.301 e. The standard InChI is InChI=1S/C42H38N2O9/c45-37-34-23-33(44(47)48)21-22-35(34)43(41(37)46)42-40(52-27-32-19-11-4-12-20-32)39(51-26-31-17-9-3-10-18-31)38(50-25-30-15-7-2-8-16-30)36(53-42)28-49-24-29-13-5-1-6-14-29/h1-23,36,38-40,42H,24-28H2/t36-,38-,39+,40-,42-/m1/s1. The molecule has 11 nitrogen and oxygen atoms in total. The van der Waals surface area contributed by atoms with Crippen LogP contribution in [0.15, 0.2) is 140 Å². The molecule has 1 amide bonds. The minimum atomic E-state index is -1.21. The van der Waals surface area contributed by atoms with Crippen molar-refractivity contribution in [1.82, 2.24) is 0 Å². The van der Waals surface area contributed by atoms with Gasteiger partial charge in [-0.25, -0.2) is 0 Å². The van der Waals surface area contributed by atoms with Crippen LogP contribution in [0.3, 0.4) is 0 Å². The second-order valence-corrected chi connectivity index (χ2v) is 12.8. The number of hydrogen-bond donors (Lipinski definition) is 0. The van der Waals surface area contributed by atoms with Gasteiger partial charge in [0, 0.05) is 12.1 Å². The zero-order valence-corrected chi connectivity index (χ0v) is 28.8. The van der Waals surface area contributed by atoms with Crippen molar-refractivity contribution in [2.24, 2.45) is 0 Å². The molecule has 2 heterocycles. The Hall–Kier alpha value is -5.56. The van der Waals surface area contributed by atoms with Gasteiger partial charge >= 0.3 is 5.91 Å². The average Bonchev–Trinajstić information content (AvgIpc) is 3.45. The van der Waals surface area contributed by atoms with Gasteiger partial charge in [-0.2, -0.15) is 0 Å². The Labute approximate surface area is 306 Å². The molecule has 0 bridgehead atoms. The molecule has 0 N–H and O–H groups in total. The highest BCUT2D eigenvalue weighted by atomic mass is 16.6. The number of carbonyl (C=O) groups is 2. The SMILES string of the molecule is O=C1C(=O)N([C@@H]2O[C@H](COCc3ccccc3)[C@@H](OCc3ccccc3)[C@H](OCc3ccccc3)[C@H]2OCc2ccccc2)c2ccc([N+](=O)[O-])cc21. The minimum absolute atomic E-state index is 0.0462. The summed E-state index contributed by atoms with van der Waals surface area (Å²) in [5.74, 6) is -1.77. The van der Waals surface area contributed by atoms with Crippen LogP contribution in [0.25, 0.3) is 0 Å². The van der Waals surface area contributed by atoms with Crippen molar-refractivity contribution in [2.45, 2.75) is 57.1 Å². The lowest BCUT2D eigenvalue weighted by Gasteiger charge is -2.48. The van der Waals surface area contributed by atoms with Crippen LogP contribution in [0.2, 0.25) is 0 Å². The topological polar surface area (TPSA) is 127 Å². The quantitative estimate of drug-likeness (QED) is 0.0652. The van der Waals surface area contributed by atoms with Crippen molar-refractivity contribution < 1.29 is 38.2 Å². The number of anilines is 1. The maximum absolute atomic E-state index is 13.9. The number of rotatable bonds is 15. The van der Waals surface area contributed by atoms with Gasteiger partial charge in [0.25, 0.3) is 11.5 Å². The third kappa shape index (κ3) is 8.41. The fraction of sp³-hybridized carbons (Fsp3) is 0.238. The number of non-ortho nitro benzene ring substituents is 1. The number of nitrogens with zero attached hydrogens (tertiary/aromatic N) is 2. The van der Waals surface area contributed by atoms with E-state index in [1.165, 1.54) is 17.0 Å². The minimum Gasteiger partial charge on any atom is -0.374 e. The van der Waals surface area contributed by atoms with Crippen LogP contribution < -0.4 is 4.90 Å². The van der Waals surface area contributed by atoms with E-state index >= 15 is 0 Å². The Morgan fingerprint density at radius 1 is 0.604 bits per heavy atom. The van der Waals surface area contributed by atoms with Crippen LogP contribution in [-0.4, -0.2) is 53.9 Å². The molecule has 5 aromatic carbocycles. The number of fused-ring (bicyclic) bond motifs is 1. The lowest BCUT2D eigenvalue weighted by molar-refractivity contribution is -0.384. The fourth-order valence-electron chi connectivity index (χ4n) is 6.59. The second-order valence-electron chi connectivity index (χ2n) is 12.8. The van der Waals surface area contributed by atoms with E-state index in [4.69, 9.17) is 23.7 Å². The molecule has 53 heavy (non-hydrogen) atoms. The van der Waals surface area contributed by atoms with E-state index in [9.17, 15) is 19.7 Å². The molecule has 5 atom stereocenters. The fourth-order valence-corrected chi connectivity index (χ4v) is 6.59. The van der Waals surface area contributed by atoms with Crippen LogP contribution in [0.1, 0.15) is 32.6 Å². The van der Waals surface area contributed by atoms with Gasteiger partial charge in [-0.05, 0) is 28.3 Å². The number of nitro groups is 1. The summed E-state index contributed by atoms with van der Waals surface area (Å²) in [5, 5.41) is 11.6. The number of benzene rings is 5. The Morgan fingerprint density at radius 3 is 1.58 bits per heavy atom. The monoisotopic (exact) mass is 714 g/mol. The maximum atomic E-state index is 13.9. The van der Waals surface area contributed by atoms with Crippen molar-refractivity contribution in [3.05, 3.63) is 177 Å². The molecule has 0 radical (unpaired) electrons. The summed E-state index contributed by atoms with van der Waals surface area (Å²) in [6.07, 6.45) is -4.63. The molecule has 0 aromatic heterocycles. The first-order valence-corrected chi connectivity index (χ1v) is 17.4. The Morgan fingerprint density at radius 2 is 1.08 bits per heavy atom. The molecule has 0 aliphatic carbocycles. The first-order valence-electron chi connectivity index (χ1n) is 17.4. The van der Waals surface area contributed by atoms with E-state index < -0.39 is 47.3 Å². The number of amides is 1. The molecular weight excluding hydrogens is 676 g/mol. The van der Waals surface area contributed by atoms with Crippen LogP contribution in [0.5, 0.6) is 0 Å². The predicted molar refractivity (Wildman–Crippen MR) is 195 cm³/mol. The summed E-state index contributed by atoms with van der Waals surface area (Å²) in [5.41, 5.74) is 3.44. The van der Waals surface area contributed by atoms with Gasteiger partial charge in [-0.1, -0.05) is 121 Å². The largest absolute Gasteiger partial charge is 0.374 e. The van der Waals surface area contributed by atoms with Crippen LogP contribution >= 0.6 is 0 Å². The predicted octanol–water partition coefficient (Wildman–Crippen LogP) is 6.82. The third-order valence-electron chi connectivity index (χ3n) is 9.22. The van der Waals surface area contributed by atoms with Gasteiger partial charge in [-0.3, -0.25) is 24.6 Å². The van der Waals surface area contributed by atoms with E-state index in [1.807, 2.05) is 121 Å². The molecule has 0 spiro atoms. The molecule has 2 aliphatic heterocycles. The van der Waals surface area contributed by atoms with E-state index in [2.05, 4.69) is 0 Å². The lowest BCUT2D eigenvalue weighted by Crippen LogP contribution is -2.66. The molecule has 7 rings (SSSR count). The van der Waals surface area contributed by atoms with Gasteiger partial charge in [0.1, 0.15) is 24.4 Å². The summed E-state index contributed by atoms with van der Waals surface area (Å²) in [6.45, 7) is 0.861. The number of carbonyl (C=O) groups excluding carboxylic acids is 2. The van der Waals surface area contributed by atoms with Gasteiger partial charge in [0.05, 0.1) is 49.2 Å². The first kappa shape index (κ1) is 35.8. The normalized spacial score (nSPS) is 21.1. The molecule has 270 valence electrons. The van der Waals surface area contributed by atoms with E-state index in [0.29, 0.717) is 0 Å². The van der Waals surface area contributed by atoms with Crippen molar-refractivity contribution in [1.29, 1.82) is 0 Å². The van der Waals surface area contributed by atoms with Crippen LogP contribution in [0.4, 0.5) is 11.4 Å². The molecular formula is C42H38N2O9. The van der Waals surface area contributed by atoms with Crippen molar-refractivity contribution in [3.8, 4) is 0 Å². The number of nitro benzene ring substituents is 1. The van der Waals surface area contributed by atoms with Gasteiger partial charge in [-0.15, -0.1) is 0 Å². The summed E-state index contributed by atoms with van der Waals surface area (Å²) < 4.78 is 33.2. The summed E-state index contributed by atoms with van der Waals surface area (Å²) in [6, 6.07) is 42.4. The summed E-state index contributed by atoms with van der Waals surface area (Å²) in [7, 11) is 0. The van der Waals surface area contributed by atoms with E-state index in [0.717, 1.165) is 28.3 Å². The smallest absolute Gasteiger partial charge is 0.301 e. The molecule has 1 fully saturated rings. The number of hydrogen-bond acceptors (Lipinski definition) is 9. The lowest BCUT2D eigenvalue weighted by atomic mass is 9.96. The number of ether oxygens (including phenoxy) is 5. The van der Waals surface area contributed by atoms with Gasteiger partial charge in [0.2, 0.25) is 0 Å². The zero-order chi connectivity index (χ0) is 36.6. The molecule has 1 saturated heterocycles. The van der Waals surface area contributed by atoms with Gasteiger partial charge in [0.15, 0.2) is 6.23 Å². The zero-order valence-electron chi connectivity index (χ0n) is 28.8. The summed E-state index contributed by atoms with van der Waals surface area (Å²) >= 11 is 0. The van der Waals surface area contributed by atoms with Crippen molar-refractivity contribution >= 4 is 23.1 Å². The van der Waals surface area contributed by atoms with Gasteiger partial charge < -0.3 is 23.7 Å². The van der Waals surface area contributed by atoms with E-state index in [1.54, 1.807) is 0 Å². The Balaban J connectivity index is 1.29. The molecule has 5 aromatic rings. The second kappa shape index (κ2) is 16.8. The number of ketones is 1. The highest BCUT2D eigenvalue weighted by molar-refractivity contribution is 6.52. The highest BCUT2D eigenvalue weighted by Crippen LogP contribution is 2.39. The number of Topliss-reactive ketones (excluding diaryl/α,β-unsaturated/α-hetero) is 1. The molecule has 0 unspecified atom stereocenters. The first-order chi connectivity index (χ1) is 26.0. The average molecular weight is 715 g/mol. The Kier molecular flexibility index (Phi) is 11.4. The third-order valence-corrected chi connectivity index (χ3v) is 9.22. The molecule has 2 aliphatic rings. The van der Waals surface area contributed by atoms with Crippen molar-refractivity contribution in [2.75, 3.05) is 11.5 Å². The van der Waals surface area contributed by atoms with Crippen LogP contribution in [0, 0.1) is 10.1 Å². The molecule has 11 heteroatoms. The van der Waals surface area contributed by atoms with E-state index in [-0.39, 0.29) is 50.0 Å². The van der Waals surface area contributed by atoms with Crippen LogP contribution in [-0.2, 0) is 54.9 Å². The Bertz CT molecular complexity index is 2000. The molecule has 0 saturated carbocycles.